The summed E-state index contributed by atoms with van der Waals surface area (Å²) in [5.74, 6) is 0.778. The quantitative estimate of drug-likeness (QED) is 0.733. The second-order valence-corrected chi connectivity index (χ2v) is 6.50. The van der Waals surface area contributed by atoms with Crippen LogP contribution in [0.4, 0.5) is 0 Å². The van der Waals surface area contributed by atoms with E-state index in [4.69, 9.17) is 4.74 Å². The number of nitrogens with one attached hydrogen (secondary N) is 1. The summed E-state index contributed by atoms with van der Waals surface area (Å²) in [4.78, 5) is 0. The number of rotatable bonds is 7. The highest BCUT2D eigenvalue weighted by molar-refractivity contribution is 4.82. The van der Waals surface area contributed by atoms with Crippen LogP contribution in [0, 0.1) is 5.92 Å². The zero-order chi connectivity index (χ0) is 12.9. The molecule has 0 radical (unpaired) electrons. The van der Waals surface area contributed by atoms with Crippen LogP contribution in [0.2, 0.25) is 0 Å². The van der Waals surface area contributed by atoms with Crippen LogP contribution in [0.5, 0.6) is 0 Å². The molecule has 0 amide bonds. The molecule has 1 N–H and O–H groups in total. The van der Waals surface area contributed by atoms with Crippen molar-refractivity contribution in [3.63, 3.8) is 0 Å². The van der Waals surface area contributed by atoms with Gasteiger partial charge in [0.2, 0.25) is 0 Å². The molecule has 2 unspecified atom stereocenters. The van der Waals surface area contributed by atoms with Crippen molar-refractivity contribution in [3.8, 4) is 0 Å². The van der Waals surface area contributed by atoms with E-state index in [2.05, 4.69) is 39.9 Å². The van der Waals surface area contributed by atoms with Crippen LogP contribution in [-0.4, -0.2) is 24.3 Å². The van der Waals surface area contributed by atoms with Gasteiger partial charge in [0.1, 0.15) is 0 Å². The summed E-state index contributed by atoms with van der Waals surface area (Å²) in [5, 5.41) is 3.60. The normalized spacial score (nSPS) is 25.4. The molecule has 2 nitrogen and oxygen atoms in total. The lowest BCUT2D eigenvalue weighted by atomic mass is 9.97. The molecule has 0 aromatic carbocycles. The zero-order valence-electron chi connectivity index (χ0n) is 12.4. The predicted molar refractivity (Wildman–Crippen MR) is 74.3 cm³/mol. The Labute approximate surface area is 108 Å². The van der Waals surface area contributed by atoms with Gasteiger partial charge in [-0.25, -0.2) is 0 Å². The summed E-state index contributed by atoms with van der Waals surface area (Å²) in [5.41, 5.74) is 0.121. The molecule has 1 aliphatic heterocycles. The lowest BCUT2D eigenvalue weighted by molar-refractivity contribution is -0.0200. The Morgan fingerprint density at radius 1 is 1.35 bits per heavy atom. The lowest BCUT2D eigenvalue weighted by Gasteiger charge is -2.23. The van der Waals surface area contributed by atoms with E-state index < -0.39 is 0 Å². The number of ether oxygens (including phenoxy) is 1. The monoisotopic (exact) mass is 241 g/mol. The molecule has 2 atom stereocenters. The second kappa shape index (κ2) is 6.75. The molecule has 17 heavy (non-hydrogen) atoms. The maximum atomic E-state index is 6.05. The van der Waals surface area contributed by atoms with E-state index in [1.165, 1.54) is 32.1 Å². The maximum absolute atomic E-state index is 6.05. The summed E-state index contributed by atoms with van der Waals surface area (Å²) in [7, 11) is 0. The van der Waals surface area contributed by atoms with Crippen molar-refractivity contribution in [1.29, 1.82) is 0 Å². The standard InChI is InChI=1S/C15H31NO/c1-6-16-13(11-12(2)3)7-8-14-9-10-15(4,5)17-14/h12-14,16H,6-11H2,1-5H3. The Morgan fingerprint density at radius 3 is 2.53 bits per heavy atom. The first-order valence-corrected chi connectivity index (χ1v) is 7.34. The molecule has 2 heteroatoms. The Kier molecular flexibility index (Phi) is 5.94. The Hall–Kier alpha value is -0.0800. The average Bonchev–Trinajstić information content (AvgIpc) is 2.54. The van der Waals surface area contributed by atoms with E-state index in [1.807, 2.05) is 0 Å². The van der Waals surface area contributed by atoms with Crippen LogP contribution in [0.1, 0.15) is 66.7 Å². The van der Waals surface area contributed by atoms with Crippen LogP contribution >= 0.6 is 0 Å². The van der Waals surface area contributed by atoms with Gasteiger partial charge in [-0.1, -0.05) is 20.8 Å². The van der Waals surface area contributed by atoms with E-state index >= 15 is 0 Å². The van der Waals surface area contributed by atoms with Crippen molar-refractivity contribution in [3.05, 3.63) is 0 Å². The van der Waals surface area contributed by atoms with E-state index in [9.17, 15) is 0 Å². The van der Waals surface area contributed by atoms with Gasteiger partial charge < -0.3 is 10.1 Å². The maximum Gasteiger partial charge on any atom is 0.0631 e. The SMILES string of the molecule is CCNC(CCC1CCC(C)(C)O1)CC(C)C. The van der Waals surface area contributed by atoms with E-state index in [1.54, 1.807) is 0 Å². The highest BCUT2D eigenvalue weighted by Crippen LogP contribution is 2.31. The van der Waals surface area contributed by atoms with Crippen molar-refractivity contribution >= 4 is 0 Å². The van der Waals surface area contributed by atoms with Gasteiger partial charge in [0.25, 0.3) is 0 Å². The minimum atomic E-state index is 0.121. The van der Waals surface area contributed by atoms with E-state index in [-0.39, 0.29) is 5.60 Å². The Bertz CT molecular complexity index is 213. The van der Waals surface area contributed by atoms with E-state index in [0.29, 0.717) is 12.1 Å². The van der Waals surface area contributed by atoms with Crippen molar-refractivity contribution in [2.24, 2.45) is 5.92 Å². The number of hydrogen-bond donors (Lipinski definition) is 1. The highest BCUT2D eigenvalue weighted by atomic mass is 16.5. The fraction of sp³-hybridized carbons (Fsp3) is 1.00. The minimum absolute atomic E-state index is 0.121. The largest absolute Gasteiger partial charge is 0.372 e. The highest BCUT2D eigenvalue weighted by Gasteiger charge is 2.31. The van der Waals surface area contributed by atoms with Crippen LogP contribution in [0.15, 0.2) is 0 Å². The molecule has 1 saturated heterocycles. The summed E-state index contributed by atoms with van der Waals surface area (Å²) >= 11 is 0. The molecule has 0 aromatic rings. The zero-order valence-corrected chi connectivity index (χ0v) is 12.4. The van der Waals surface area contributed by atoms with Crippen molar-refractivity contribution in [2.45, 2.75) is 84.5 Å². The first-order valence-electron chi connectivity index (χ1n) is 7.34. The molecule has 102 valence electrons. The summed E-state index contributed by atoms with van der Waals surface area (Å²) in [6.45, 7) is 12.3. The molecular weight excluding hydrogens is 210 g/mol. The molecule has 0 aliphatic carbocycles. The van der Waals surface area contributed by atoms with Gasteiger partial charge >= 0.3 is 0 Å². The van der Waals surface area contributed by atoms with Crippen LogP contribution in [0.25, 0.3) is 0 Å². The van der Waals surface area contributed by atoms with Gasteiger partial charge in [0, 0.05) is 6.04 Å². The molecular formula is C15H31NO. The molecule has 1 fully saturated rings. The van der Waals surface area contributed by atoms with Gasteiger partial charge in [-0.05, 0) is 58.4 Å². The topological polar surface area (TPSA) is 21.3 Å². The third-order valence-corrected chi connectivity index (χ3v) is 3.64. The van der Waals surface area contributed by atoms with Crippen molar-refractivity contribution in [1.82, 2.24) is 5.32 Å². The average molecular weight is 241 g/mol. The Balaban J connectivity index is 2.27. The van der Waals surface area contributed by atoms with Crippen LogP contribution < -0.4 is 5.32 Å². The summed E-state index contributed by atoms with van der Waals surface area (Å²) in [6, 6.07) is 0.673. The molecule has 0 saturated carbocycles. The molecule has 1 heterocycles. The fourth-order valence-corrected chi connectivity index (χ4v) is 2.83. The van der Waals surface area contributed by atoms with Crippen molar-refractivity contribution in [2.75, 3.05) is 6.54 Å². The summed E-state index contributed by atoms with van der Waals surface area (Å²) in [6.07, 6.45) is 6.71. The van der Waals surface area contributed by atoms with Gasteiger partial charge in [0.15, 0.2) is 0 Å². The Morgan fingerprint density at radius 2 is 2.06 bits per heavy atom. The third kappa shape index (κ3) is 5.87. The minimum Gasteiger partial charge on any atom is -0.372 e. The lowest BCUT2D eigenvalue weighted by Crippen LogP contribution is -2.31. The first kappa shape index (κ1) is 15.0. The van der Waals surface area contributed by atoms with Crippen LogP contribution in [-0.2, 0) is 4.74 Å². The van der Waals surface area contributed by atoms with Gasteiger partial charge in [-0.15, -0.1) is 0 Å². The van der Waals surface area contributed by atoms with Gasteiger partial charge in [-0.3, -0.25) is 0 Å². The van der Waals surface area contributed by atoms with Gasteiger partial charge in [-0.2, -0.15) is 0 Å². The predicted octanol–water partition coefficient (Wildman–Crippen LogP) is 3.75. The molecule has 0 spiro atoms. The first-order chi connectivity index (χ1) is 7.93. The van der Waals surface area contributed by atoms with E-state index in [0.717, 1.165) is 12.5 Å². The van der Waals surface area contributed by atoms with Crippen LogP contribution in [0.3, 0.4) is 0 Å². The molecule has 0 bridgehead atoms. The molecule has 1 aliphatic rings. The second-order valence-electron chi connectivity index (χ2n) is 6.50. The molecule has 0 aromatic heterocycles. The van der Waals surface area contributed by atoms with Gasteiger partial charge in [0.05, 0.1) is 11.7 Å². The third-order valence-electron chi connectivity index (χ3n) is 3.64. The fourth-order valence-electron chi connectivity index (χ4n) is 2.83. The molecule has 1 rings (SSSR count). The number of hydrogen-bond acceptors (Lipinski definition) is 2. The van der Waals surface area contributed by atoms with Crippen molar-refractivity contribution < 1.29 is 4.74 Å². The smallest absolute Gasteiger partial charge is 0.0631 e. The summed E-state index contributed by atoms with van der Waals surface area (Å²) < 4.78 is 6.05.